The van der Waals surface area contributed by atoms with E-state index in [-0.39, 0.29) is 6.61 Å². The van der Waals surface area contributed by atoms with E-state index in [2.05, 4.69) is 24.3 Å². The lowest BCUT2D eigenvalue weighted by Gasteiger charge is -2.19. The summed E-state index contributed by atoms with van der Waals surface area (Å²) in [4.78, 5) is 0. The second-order valence-corrected chi connectivity index (χ2v) is 6.66. The minimum Gasteiger partial charge on any atom is -0.464 e. The van der Waals surface area contributed by atoms with Crippen molar-refractivity contribution >= 4 is 18.8 Å². The molecule has 0 spiro atoms. The average Bonchev–Trinajstić information content (AvgIpc) is 2.62. The maximum absolute atomic E-state index is 9.13. The molecule has 0 bridgehead atoms. The van der Waals surface area contributed by atoms with Gasteiger partial charge in [-0.1, -0.05) is 72.8 Å². The van der Waals surface area contributed by atoms with Crippen molar-refractivity contribution in [2.24, 2.45) is 0 Å². The minimum atomic E-state index is -0.904. The first kappa shape index (κ1) is 14.8. The lowest BCUT2D eigenvalue weighted by molar-refractivity contribution is 0.282. The minimum absolute atomic E-state index is 0.0480. The van der Waals surface area contributed by atoms with Crippen molar-refractivity contribution in [1.29, 1.82) is 0 Å². The van der Waals surface area contributed by atoms with Gasteiger partial charge in [-0.2, -0.15) is 0 Å². The van der Waals surface area contributed by atoms with Crippen molar-refractivity contribution in [2.75, 3.05) is 0 Å². The van der Waals surface area contributed by atoms with Gasteiger partial charge in [0.15, 0.2) is 8.15 Å². The molecule has 22 heavy (non-hydrogen) atoms. The predicted molar refractivity (Wildman–Crippen MR) is 92.1 cm³/mol. The summed E-state index contributed by atoms with van der Waals surface area (Å²) in [6, 6.07) is 28.1. The van der Waals surface area contributed by atoms with Crippen LogP contribution < -0.4 is 15.1 Å². The Hall–Kier alpha value is -2.15. The Morgan fingerprint density at radius 3 is 1.64 bits per heavy atom. The first-order valence-corrected chi connectivity index (χ1v) is 8.41. The fourth-order valence-electron chi connectivity index (χ4n) is 2.14. The molecule has 0 heterocycles. The SMILES string of the molecule is OCc1ccc(OP(c2ccccc2)c2ccccc2)cc1. The van der Waals surface area contributed by atoms with Crippen LogP contribution in [0, 0.1) is 0 Å². The molecule has 3 aromatic carbocycles. The van der Waals surface area contributed by atoms with Crippen molar-refractivity contribution in [3.05, 3.63) is 90.5 Å². The highest BCUT2D eigenvalue weighted by Gasteiger charge is 2.16. The monoisotopic (exact) mass is 308 g/mol. The van der Waals surface area contributed by atoms with E-state index < -0.39 is 8.15 Å². The normalized spacial score (nSPS) is 10.6. The van der Waals surface area contributed by atoms with Crippen LogP contribution in [0.1, 0.15) is 5.56 Å². The van der Waals surface area contributed by atoms with Crippen molar-refractivity contribution in [3.8, 4) is 5.75 Å². The fraction of sp³-hybridized carbons (Fsp3) is 0.0526. The van der Waals surface area contributed by atoms with Gasteiger partial charge in [0.2, 0.25) is 0 Å². The highest BCUT2D eigenvalue weighted by Crippen LogP contribution is 2.36. The number of benzene rings is 3. The second-order valence-electron chi connectivity index (χ2n) is 4.86. The predicted octanol–water partition coefficient (Wildman–Crippen LogP) is 3.61. The quantitative estimate of drug-likeness (QED) is 0.730. The molecule has 0 radical (unpaired) electrons. The molecule has 2 nitrogen and oxygen atoms in total. The van der Waals surface area contributed by atoms with Crippen molar-refractivity contribution < 1.29 is 9.63 Å². The summed E-state index contributed by atoms with van der Waals surface area (Å²) in [5.74, 6) is 0.816. The first-order valence-electron chi connectivity index (χ1n) is 7.15. The zero-order valence-corrected chi connectivity index (χ0v) is 13.0. The van der Waals surface area contributed by atoms with Gasteiger partial charge in [0.25, 0.3) is 0 Å². The van der Waals surface area contributed by atoms with E-state index in [0.717, 1.165) is 11.3 Å². The molecule has 0 aliphatic heterocycles. The van der Waals surface area contributed by atoms with E-state index in [1.807, 2.05) is 60.7 Å². The maximum Gasteiger partial charge on any atom is 0.150 e. The molecule has 3 heteroatoms. The van der Waals surface area contributed by atoms with Crippen LogP contribution in [-0.2, 0) is 6.61 Å². The Labute approximate surface area is 131 Å². The van der Waals surface area contributed by atoms with E-state index in [1.54, 1.807) is 0 Å². The van der Waals surface area contributed by atoms with Crippen LogP contribution in [0.2, 0.25) is 0 Å². The van der Waals surface area contributed by atoms with Crippen LogP contribution in [0.15, 0.2) is 84.9 Å². The van der Waals surface area contributed by atoms with Crippen molar-refractivity contribution in [2.45, 2.75) is 6.61 Å². The Morgan fingerprint density at radius 2 is 1.18 bits per heavy atom. The van der Waals surface area contributed by atoms with Crippen LogP contribution in [0.25, 0.3) is 0 Å². The Bertz CT molecular complexity index is 657. The molecule has 110 valence electrons. The summed E-state index contributed by atoms with van der Waals surface area (Å²) < 4.78 is 6.27. The van der Waals surface area contributed by atoms with Gasteiger partial charge in [-0.05, 0) is 17.7 Å². The first-order chi connectivity index (χ1) is 10.9. The maximum atomic E-state index is 9.13. The van der Waals surface area contributed by atoms with Gasteiger partial charge in [0.05, 0.1) is 6.61 Å². The van der Waals surface area contributed by atoms with E-state index in [9.17, 15) is 0 Å². The molecule has 0 amide bonds. The molecule has 1 N–H and O–H groups in total. The highest BCUT2D eigenvalue weighted by atomic mass is 31.1. The van der Waals surface area contributed by atoms with Gasteiger partial charge in [0, 0.05) is 10.6 Å². The fourth-order valence-corrected chi connectivity index (χ4v) is 3.87. The molecule has 0 aliphatic carbocycles. The third-order valence-corrected chi connectivity index (χ3v) is 5.21. The zero-order valence-electron chi connectivity index (χ0n) is 12.1. The Balaban J connectivity index is 1.91. The van der Waals surface area contributed by atoms with Gasteiger partial charge in [-0.25, -0.2) is 0 Å². The number of rotatable bonds is 5. The van der Waals surface area contributed by atoms with E-state index in [4.69, 9.17) is 9.63 Å². The number of hydrogen-bond donors (Lipinski definition) is 1. The van der Waals surface area contributed by atoms with Crippen molar-refractivity contribution in [3.63, 3.8) is 0 Å². The molecular formula is C19H17O2P. The van der Waals surface area contributed by atoms with Crippen LogP contribution in [-0.4, -0.2) is 5.11 Å². The largest absolute Gasteiger partial charge is 0.464 e. The van der Waals surface area contributed by atoms with E-state index >= 15 is 0 Å². The number of hydrogen-bond acceptors (Lipinski definition) is 2. The lowest BCUT2D eigenvalue weighted by Crippen LogP contribution is -2.15. The van der Waals surface area contributed by atoms with Gasteiger partial charge < -0.3 is 9.63 Å². The third-order valence-electron chi connectivity index (χ3n) is 3.28. The summed E-state index contributed by atoms with van der Waals surface area (Å²) in [7, 11) is -0.904. The highest BCUT2D eigenvalue weighted by molar-refractivity contribution is 7.68. The molecule has 0 unspecified atom stereocenters. The summed E-state index contributed by atoms with van der Waals surface area (Å²) in [5.41, 5.74) is 0.885. The zero-order chi connectivity index (χ0) is 15.2. The van der Waals surface area contributed by atoms with Crippen LogP contribution >= 0.6 is 8.15 Å². The van der Waals surface area contributed by atoms with Gasteiger partial charge in [-0.15, -0.1) is 0 Å². The summed E-state index contributed by atoms with van der Waals surface area (Å²) >= 11 is 0. The van der Waals surface area contributed by atoms with Crippen LogP contribution in [0.4, 0.5) is 0 Å². The van der Waals surface area contributed by atoms with Crippen LogP contribution in [0.3, 0.4) is 0 Å². The summed E-state index contributed by atoms with van der Waals surface area (Å²) in [6.07, 6.45) is 0. The molecule has 0 fully saturated rings. The smallest absolute Gasteiger partial charge is 0.150 e. The number of aliphatic hydroxyl groups excluding tert-OH is 1. The summed E-state index contributed by atoms with van der Waals surface area (Å²) in [6.45, 7) is 0.0480. The van der Waals surface area contributed by atoms with Gasteiger partial charge >= 0.3 is 0 Å². The standard InChI is InChI=1S/C19H17O2P/c20-15-16-11-13-17(14-12-16)21-22(18-7-3-1-4-8-18)19-9-5-2-6-10-19/h1-14,20H,15H2. The molecule has 0 atom stereocenters. The molecular weight excluding hydrogens is 291 g/mol. The molecule has 0 saturated carbocycles. The second kappa shape index (κ2) is 7.22. The Kier molecular flexibility index (Phi) is 4.85. The summed E-state index contributed by atoms with van der Waals surface area (Å²) in [5, 5.41) is 11.5. The van der Waals surface area contributed by atoms with E-state index in [0.29, 0.717) is 0 Å². The molecule has 0 aliphatic rings. The molecule has 3 rings (SSSR count). The Morgan fingerprint density at radius 1 is 0.682 bits per heavy atom. The van der Waals surface area contributed by atoms with E-state index in [1.165, 1.54) is 10.6 Å². The molecule has 0 aromatic heterocycles. The van der Waals surface area contributed by atoms with Crippen LogP contribution in [0.5, 0.6) is 5.75 Å². The lowest BCUT2D eigenvalue weighted by atomic mass is 10.2. The van der Waals surface area contributed by atoms with Gasteiger partial charge in [0.1, 0.15) is 5.75 Å². The van der Waals surface area contributed by atoms with Gasteiger partial charge in [-0.3, -0.25) is 0 Å². The number of aliphatic hydroxyl groups is 1. The average molecular weight is 308 g/mol. The third kappa shape index (κ3) is 3.54. The molecule has 0 saturated heterocycles. The molecule has 3 aromatic rings. The van der Waals surface area contributed by atoms with Crippen molar-refractivity contribution in [1.82, 2.24) is 0 Å². The topological polar surface area (TPSA) is 29.5 Å².